The second-order valence-electron chi connectivity index (χ2n) is 8.38. The summed E-state index contributed by atoms with van der Waals surface area (Å²) in [7, 11) is 1.53. The van der Waals surface area contributed by atoms with Crippen LogP contribution in [0.4, 0.5) is 16.4 Å². The van der Waals surface area contributed by atoms with Gasteiger partial charge in [-0.05, 0) is 53.6 Å². The van der Waals surface area contributed by atoms with Gasteiger partial charge in [-0.1, -0.05) is 26.0 Å². The Balaban J connectivity index is 1.47. The van der Waals surface area contributed by atoms with E-state index < -0.39 is 0 Å². The monoisotopic (exact) mass is 477 g/mol. The van der Waals surface area contributed by atoms with E-state index in [-0.39, 0.29) is 17.7 Å². The number of ether oxygens (including phenoxy) is 1. The van der Waals surface area contributed by atoms with Gasteiger partial charge in [-0.2, -0.15) is 0 Å². The molecule has 0 saturated carbocycles. The lowest BCUT2D eigenvalue weighted by molar-refractivity contribution is -0.117. The highest BCUT2D eigenvalue weighted by Gasteiger charge is 2.25. The van der Waals surface area contributed by atoms with Crippen LogP contribution in [0.3, 0.4) is 0 Å². The summed E-state index contributed by atoms with van der Waals surface area (Å²) in [4.78, 5) is 39.5. The Morgan fingerprint density at radius 1 is 1.03 bits per heavy atom. The predicted molar refractivity (Wildman–Crippen MR) is 135 cm³/mol. The number of methoxy groups -OCH3 is 1. The summed E-state index contributed by atoms with van der Waals surface area (Å²) < 4.78 is 5.47. The molecule has 1 aliphatic heterocycles. The number of nitrogens with zero attached hydrogens (tertiary/aromatic N) is 1. The van der Waals surface area contributed by atoms with E-state index in [1.807, 2.05) is 12.1 Å². The Kier molecular flexibility index (Phi) is 6.98. The molecule has 1 aromatic heterocycles. The summed E-state index contributed by atoms with van der Waals surface area (Å²) in [6.07, 6.45) is 1.34. The number of nitrogens with one attached hydrogen (secondary N) is 2. The summed E-state index contributed by atoms with van der Waals surface area (Å²) in [6, 6.07) is 14.3. The van der Waals surface area contributed by atoms with Crippen LogP contribution in [0.2, 0.25) is 0 Å². The van der Waals surface area contributed by atoms with Gasteiger partial charge in [0, 0.05) is 30.3 Å². The Morgan fingerprint density at radius 3 is 2.44 bits per heavy atom. The zero-order valence-corrected chi connectivity index (χ0v) is 20.2. The van der Waals surface area contributed by atoms with Crippen molar-refractivity contribution < 1.29 is 19.1 Å². The van der Waals surface area contributed by atoms with Crippen LogP contribution in [0, 0.1) is 0 Å². The fourth-order valence-electron chi connectivity index (χ4n) is 3.86. The fraction of sp³-hybridized carbons (Fsp3) is 0.269. The van der Waals surface area contributed by atoms with Gasteiger partial charge in [0.2, 0.25) is 5.91 Å². The van der Waals surface area contributed by atoms with Crippen LogP contribution in [-0.4, -0.2) is 31.4 Å². The first-order valence-electron chi connectivity index (χ1n) is 11.2. The van der Waals surface area contributed by atoms with E-state index in [0.717, 1.165) is 12.0 Å². The van der Waals surface area contributed by atoms with Gasteiger partial charge in [0.25, 0.3) is 11.8 Å². The zero-order valence-electron chi connectivity index (χ0n) is 19.4. The molecule has 0 aliphatic carbocycles. The zero-order chi connectivity index (χ0) is 24.2. The van der Waals surface area contributed by atoms with Crippen molar-refractivity contribution in [3.05, 3.63) is 70.6 Å². The topological polar surface area (TPSA) is 87.7 Å². The minimum Gasteiger partial charge on any atom is -0.494 e. The number of thiophene rings is 1. The van der Waals surface area contributed by atoms with Crippen LogP contribution < -0.4 is 20.3 Å². The van der Waals surface area contributed by atoms with Crippen molar-refractivity contribution in [2.75, 3.05) is 29.2 Å². The summed E-state index contributed by atoms with van der Waals surface area (Å²) in [5.41, 5.74) is 3.28. The molecule has 3 amide bonds. The minimum atomic E-state index is -0.348. The molecule has 0 unspecified atom stereocenters. The second kappa shape index (κ2) is 10.1. The molecular formula is C26H27N3O4S. The smallest absolute Gasteiger partial charge is 0.258 e. The largest absolute Gasteiger partial charge is 0.494 e. The highest BCUT2D eigenvalue weighted by molar-refractivity contribution is 7.14. The molecule has 0 atom stereocenters. The van der Waals surface area contributed by atoms with Crippen LogP contribution in [0.15, 0.2) is 53.9 Å². The average molecular weight is 478 g/mol. The number of carbonyl (C=O) groups excluding carboxylic acids is 3. The van der Waals surface area contributed by atoms with Crippen LogP contribution in [0.25, 0.3) is 0 Å². The maximum absolute atomic E-state index is 13.0. The van der Waals surface area contributed by atoms with Gasteiger partial charge in [0.15, 0.2) is 0 Å². The quantitative estimate of drug-likeness (QED) is 0.470. The molecule has 7 nitrogen and oxygen atoms in total. The van der Waals surface area contributed by atoms with E-state index in [2.05, 4.69) is 24.5 Å². The van der Waals surface area contributed by atoms with E-state index in [1.54, 1.807) is 46.7 Å². The van der Waals surface area contributed by atoms with Crippen molar-refractivity contribution in [3.8, 4) is 5.75 Å². The molecule has 0 bridgehead atoms. The summed E-state index contributed by atoms with van der Waals surface area (Å²) in [6.45, 7) is 4.85. The third-order valence-corrected chi connectivity index (χ3v) is 6.61. The van der Waals surface area contributed by atoms with E-state index in [1.165, 1.54) is 18.4 Å². The molecule has 34 heavy (non-hydrogen) atoms. The standard InChI is InChI=1S/C26H27N3O4S/c1-16(2)17-6-8-18(9-7-17)24(31)28-26-20(12-14-34-26)25(32)27-19-10-11-21(22(15-19)33-3)29-13-4-5-23(29)30/h6-12,14-16H,4-5,13H2,1-3H3,(H,27,32)(H,28,31). The van der Waals surface area contributed by atoms with Crippen LogP contribution in [0.5, 0.6) is 5.75 Å². The van der Waals surface area contributed by atoms with E-state index in [9.17, 15) is 14.4 Å². The van der Waals surface area contributed by atoms with Crippen molar-refractivity contribution in [3.63, 3.8) is 0 Å². The number of carbonyl (C=O) groups is 3. The van der Waals surface area contributed by atoms with Gasteiger partial charge >= 0.3 is 0 Å². The van der Waals surface area contributed by atoms with E-state index in [4.69, 9.17) is 4.74 Å². The summed E-state index contributed by atoms with van der Waals surface area (Å²) in [5, 5.41) is 7.93. The van der Waals surface area contributed by atoms with Crippen LogP contribution in [-0.2, 0) is 4.79 Å². The number of hydrogen-bond acceptors (Lipinski definition) is 5. The molecule has 0 radical (unpaired) electrons. The number of amides is 3. The van der Waals surface area contributed by atoms with Crippen molar-refractivity contribution in [1.82, 2.24) is 0 Å². The Morgan fingerprint density at radius 2 is 1.79 bits per heavy atom. The summed E-state index contributed by atoms with van der Waals surface area (Å²) in [5.74, 6) is 0.337. The molecule has 1 fully saturated rings. The Bertz CT molecular complexity index is 1220. The van der Waals surface area contributed by atoms with Gasteiger partial charge in [-0.15, -0.1) is 11.3 Å². The highest BCUT2D eigenvalue weighted by atomic mass is 32.1. The van der Waals surface area contributed by atoms with Crippen molar-refractivity contribution in [2.24, 2.45) is 0 Å². The molecular weight excluding hydrogens is 450 g/mol. The number of benzene rings is 2. The van der Waals surface area contributed by atoms with Crippen molar-refractivity contribution >= 4 is 45.4 Å². The molecule has 1 saturated heterocycles. The van der Waals surface area contributed by atoms with Gasteiger partial charge in [0.05, 0.1) is 18.4 Å². The first kappa shape index (κ1) is 23.5. The average Bonchev–Trinajstić information content (AvgIpc) is 3.47. The van der Waals surface area contributed by atoms with E-state index in [0.29, 0.717) is 52.1 Å². The van der Waals surface area contributed by atoms with E-state index >= 15 is 0 Å². The molecule has 0 spiro atoms. The Labute approximate surface area is 202 Å². The number of hydrogen-bond donors (Lipinski definition) is 2. The van der Waals surface area contributed by atoms with Crippen LogP contribution >= 0.6 is 11.3 Å². The fourth-order valence-corrected chi connectivity index (χ4v) is 4.64. The highest BCUT2D eigenvalue weighted by Crippen LogP contribution is 2.34. The SMILES string of the molecule is COc1cc(NC(=O)c2ccsc2NC(=O)c2ccc(C(C)C)cc2)ccc1N1CCCC1=O. The molecule has 2 N–H and O–H groups in total. The first-order valence-corrected chi connectivity index (χ1v) is 12.0. The van der Waals surface area contributed by atoms with Crippen LogP contribution in [0.1, 0.15) is 58.9 Å². The van der Waals surface area contributed by atoms with Gasteiger partial charge in [-0.3, -0.25) is 14.4 Å². The third-order valence-electron chi connectivity index (χ3n) is 5.78. The summed E-state index contributed by atoms with van der Waals surface area (Å²) >= 11 is 1.28. The normalized spacial score (nSPS) is 13.3. The number of rotatable bonds is 7. The lowest BCUT2D eigenvalue weighted by Crippen LogP contribution is -2.24. The number of anilines is 3. The predicted octanol–water partition coefficient (Wildman–Crippen LogP) is 5.51. The van der Waals surface area contributed by atoms with Gasteiger partial charge in [-0.25, -0.2) is 0 Å². The Hall–Kier alpha value is -3.65. The van der Waals surface area contributed by atoms with Crippen molar-refractivity contribution in [2.45, 2.75) is 32.6 Å². The lowest BCUT2D eigenvalue weighted by Gasteiger charge is -2.19. The minimum absolute atomic E-state index is 0.0626. The molecule has 1 aliphatic rings. The third kappa shape index (κ3) is 4.97. The van der Waals surface area contributed by atoms with Gasteiger partial charge in [0.1, 0.15) is 10.8 Å². The molecule has 4 rings (SSSR count). The van der Waals surface area contributed by atoms with Gasteiger partial charge < -0.3 is 20.3 Å². The second-order valence-corrected chi connectivity index (χ2v) is 9.30. The molecule has 2 heterocycles. The maximum Gasteiger partial charge on any atom is 0.258 e. The molecule has 8 heteroatoms. The molecule has 2 aromatic carbocycles. The van der Waals surface area contributed by atoms with Crippen molar-refractivity contribution in [1.29, 1.82) is 0 Å². The molecule has 176 valence electrons. The first-order chi connectivity index (χ1) is 16.4. The maximum atomic E-state index is 13.0. The lowest BCUT2D eigenvalue weighted by atomic mass is 10.0. The molecule has 3 aromatic rings.